The summed E-state index contributed by atoms with van der Waals surface area (Å²) in [6, 6.07) is 7.55. The van der Waals surface area contributed by atoms with Gasteiger partial charge in [0.1, 0.15) is 18.2 Å². The fourth-order valence-corrected chi connectivity index (χ4v) is 3.84. The normalized spacial score (nSPS) is 15.6. The summed E-state index contributed by atoms with van der Waals surface area (Å²) in [4.78, 5) is 30.7. The molecule has 3 heterocycles. The molecular weight excluding hydrogens is 404 g/mol. The molecule has 0 aliphatic carbocycles. The number of urea groups is 1. The van der Waals surface area contributed by atoms with Crippen molar-refractivity contribution in [2.24, 2.45) is 5.92 Å². The molecular formula is C19H22N8O2S. The van der Waals surface area contributed by atoms with Gasteiger partial charge in [0.15, 0.2) is 0 Å². The molecule has 1 atom stereocenters. The highest BCUT2D eigenvalue weighted by Gasteiger charge is 2.28. The number of amides is 3. The molecule has 1 fully saturated rings. The van der Waals surface area contributed by atoms with E-state index in [1.165, 1.54) is 17.7 Å². The van der Waals surface area contributed by atoms with Crippen LogP contribution >= 0.6 is 11.3 Å². The zero-order valence-electron chi connectivity index (χ0n) is 16.4. The first-order valence-electron chi connectivity index (χ1n) is 9.67. The average molecular weight is 427 g/mol. The first-order chi connectivity index (χ1) is 14.6. The first-order valence-corrected chi connectivity index (χ1v) is 10.6. The number of hydrogen-bond donors (Lipinski definition) is 2. The summed E-state index contributed by atoms with van der Waals surface area (Å²) < 4.78 is 1.68. The third kappa shape index (κ3) is 4.62. The van der Waals surface area contributed by atoms with Gasteiger partial charge in [0.05, 0.1) is 11.7 Å². The zero-order valence-corrected chi connectivity index (χ0v) is 17.2. The highest BCUT2D eigenvalue weighted by Crippen LogP contribution is 2.21. The lowest BCUT2D eigenvalue weighted by molar-refractivity contribution is -0.121. The van der Waals surface area contributed by atoms with E-state index in [1.54, 1.807) is 21.4 Å². The van der Waals surface area contributed by atoms with Crippen molar-refractivity contribution in [2.45, 2.75) is 25.8 Å². The van der Waals surface area contributed by atoms with Crippen LogP contribution in [0.4, 0.5) is 9.93 Å². The monoisotopic (exact) mass is 426 g/mol. The highest BCUT2D eigenvalue weighted by molar-refractivity contribution is 7.13. The van der Waals surface area contributed by atoms with Crippen LogP contribution in [0.3, 0.4) is 0 Å². The van der Waals surface area contributed by atoms with Gasteiger partial charge in [-0.15, -0.1) is 10.2 Å². The lowest BCUT2D eigenvalue weighted by atomic mass is 9.96. The molecule has 0 spiro atoms. The topological polar surface area (TPSA) is 118 Å². The van der Waals surface area contributed by atoms with Crippen LogP contribution in [0.15, 0.2) is 42.4 Å². The maximum Gasteiger partial charge on any atom is 0.317 e. The number of anilines is 1. The van der Waals surface area contributed by atoms with Gasteiger partial charge >= 0.3 is 6.03 Å². The molecule has 1 aliphatic heterocycles. The molecule has 10 nitrogen and oxygen atoms in total. The van der Waals surface area contributed by atoms with Crippen molar-refractivity contribution in [3.63, 3.8) is 0 Å². The first kappa shape index (κ1) is 20.0. The SMILES string of the molecule is CC(NC(=O)N1CCC(C(=O)Nc2nncs2)CC1)c1ccc(-n2cncn2)cc1. The van der Waals surface area contributed by atoms with Crippen molar-refractivity contribution >= 4 is 28.4 Å². The number of piperidine rings is 1. The van der Waals surface area contributed by atoms with Gasteiger partial charge in [-0.1, -0.05) is 23.5 Å². The molecule has 0 bridgehead atoms. The molecule has 1 unspecified atom stereocenters. The summed E-state index contributed by atoms with van der Waals surface area (Å²) in [5.74, 6) is -0.188. The number of rotatable bonds is 5. The number of benzene rings is 1. The molecule has 2 N–H and O–H groups in total. The quantitative estimate of drug-likeness (QED) is 0.646. The smallest absolute Gasteiger partial charge is 0.317 e. The molecule has 11 heteroatoms. The van der Waals surface area contributed by atoms with Gasteiger partial charge in [0, 0.05) is 19.0 Å². The number of aromatic nitrogens is 5. The minimum atomic E-state index is -0.138. The highest BCUT2D eigenvalue weighted by atomic mass is 32.1. The van der Waals surface area contributed by atoms with Crippen LogP contribution in [0, 0.1) is 5.92 Å². The van der Waals surface area contributed by atoms with Gasteiger partial charge in [0.2, 0.25) is 11.0 Å². The van der Waals surface area contributed by atoms with Crippen molar-refractivity contribution in [2.75, 3.05) is 18.4 Å². The Morgan fingerprint density at radius 1 is 1.20 bits per heavy atom. The van der Waals surface area contributed by atoms with E-state index in [2.05, 4.69) is 30.9 Å². The number of nitrogens with one attached hydrogen (secondary N) is 2. The summed E-state index contributed by atoms with van der Waals surface area (Å²) in [5.41, 5.74) is 3.48. The lowest BCUT2D eigenvalue weighted by Crippen LogP contribution is -2.46. The average Bonchev–Trinajstić information content (AvgIpc) is 3.48. The largest absolute Gasteiger partial charge is 0.331 e. The molecule has 1 saturated heterocycles. The van der Waals surface area contributed by atoms with Crippen LogP contribution in [0.25, 0.3) is 5.69 Å². The number of hydrogen-bond acceptors (Lipinski definition) is 7. The number of likely N-dealkylation sites (tertiary alicyclic amines) is 1. The molecule has 2 aromatic heterocycles. The third-order valence-corrected chi connectivity index (χ3v) is 5.77. The van der Waals surface area contributed by atoms with E-state index < -0.39 is 0 Å². The summed E-state index contributed by atoms with van der Waals surface area (Å²) in [6.45, 7) is 3.03. The Morgan fingerprint density at radius 2 is 1.97 bits per heavy atom. The molecule has 0 saturated carbocycles. The van der Waals surface area contributed by atoms with E-state index >= 15 is 0 Å². The van der Waals surface area contributed by atoms with E-state index in [4.69, 9.17) is 0 Å². The summed E-state index contributed by atoms with van der Waals surface area (Å²) in [7, 11) is 0. The van der Waals surface area contributed by atoms with Gasteiger partial charge in [-0.3, -0.25) is 4.79 Å². The molecule has 4 rings (SSSR count). The lowest BCUT2D eigenvalue weighted by Gasteiger charge is -2.32. The van der Waals surface area contributed by atoms with Crippen molar-refractivity contribution in [1.29, 1.82) is 0 Å². The Morgan fingerprint density at radius 3 is 2.60 bits per heavy atom. The van der Waals surface area contributed by atoms with Crippen molar-refractivity contribution in [3.05, 3.63) is 48.0 Å². The van der Waals surface area contributed by atoms with E-state index in [0.717, 1.165) is 11.3 Å². The standard InChI is InChI=1S/C19H22N8O2S/c1-13(14-2-4-16(5-3-14)27-11-20-10-22-27)23-19(29)26-8-6-15(7-9-26)17(28)24-18-25-21-12-30-18/h2-5,10-13,15H,6-9H2,1H3,(H,23,29)(H,24,25,28). The van der Waals surface area contributed by atoms with Gasteiger partial charge in [-0.25, -0.2) is 14.5 Å². The van der Waals surface area contributed by atoms with Crippen LogP contribution in [0.2, 0.25) is 0 Å². The second-order valence-corrected chi connectivity index (χ2v) is 7.93. The van der Waals surface area contributed by atoms with Crippen LogP contribution in [-0.4, -0.2) is 54.9 Å². The third-order valence-electron chi connectivity index (χ3n) is 5.16. The van der Waals surface area contributed by atoms with Crippen LogP contribution in [0.5, 0.6) is 0 Å². The van der Waals surface area contributed by atoms with E-state index in [-0.39, 0.29) is 23.9 Å². The second-order valence-electron chi connectivity index (χ2n) is 7.10. The molecule has 0 radical (unpaired) electrons. The summed E-state index contributed by atoms with van der Waals surface area (Å²) >= 11 is 1.29. The fourth-order valence-electron chi connectivity index (χ4n) is 3.40. The van der Waals surface area contributed by atoms with E-state index in [1.807, 2.05) is 31.2 Å². The van der Waals surface area contributed by atoms with Crippen molar-refractivity contribution in [1.82, 2.24) is 35.2 Å². The Hall–Kier alpha value is -3.34. The van der Waals surface area contributed by atoms with Crippen molar-refractivity contribution < 1.29 is 9.59 Å². The molecule has 1 aliphatic rings. The van der Waals surface area contributed by atoms with Gasteiger partial charge in [0.25, 0.3) is 0 Å². The fraction of sp³-hybridized carbons (Fsp3) is 0.368. The zero-order chi connectivity index (χ0) is 20.9. The molecule has 156 valence electrons. The van der Waals surface area contributed by atoms with Crippen molar-refractivity contribution in [3.8, 4) is 5.69 Å². The minimum absolute atomic E-state index is 0.0624. The Kier molecular flexibility index (Phi) is 5.98. The van der Waals surface area contributed by atoms with Crippen LogP contribution < -0.4 is 10.6 Å². The number of carbonyl (C=O) groups is 2. The number of nitrogens with zero attached hydrogens (tertiary/aromatic N) is 6. The summed E-state index contributed by atoms with van der Waals surface area (Å²) in [6.07, 6.45) is 4.37. The predicted octanol–water partition coefficient (Wildman–Crippen LogP) is 2.24. The summed E-state index contributed by atoms with van der Waals surface area (Å²) in [5, 5.41) is 18.0. The maximum atomic E-state index is 12.6. The maximum absolute atomic E-state index is 12.6. The number of carbonyl (C=O) groups excluding carboxylic acids is 2. The van der Waals surface area contributed by atoms with Gasteiger partial charge in [-0.2, -0.15) is 5.10 Å². The minimum Gasteiger partial charge on any atom is -0.331 e. The molecule has 1 aromatic carbocycles. The van der Waals surface area contributed by atoms with E-state index in [0.29, 0.717) is 31.1 Å². The van der Waals surface area contributed by atoms with Crippen LogP contribution in [0.1, 0.15) is 31.4 Å². The Labute approximate surface area is 177 Å². The van der Waals surface area contributed by atoms with Gasteiger partial charge in [-0.05, 0) is 37.5 Å². The predicted molar refractivity (Wildman–Crippen MR) is 111 cm³/mol. The Balaban J connectivity index is 1.26. The second kappa shape index (κ2) is 8.99. The van der Waals surface area contributed by atoms with Gasteiger partial charge < -0.3 is 15.5 Å². The van der Waals surface area contributed by atoms with Crippen LogP contribution in [-0.2, 0) is 4.79 Å². The van der Waals surface area contributed by atoms with E-state index in [9.17, 15) is 9.59 Å². The molecule has 3 aromatic rings. The molecule has 30 heavy (non-hydrogen) atoms. The molecule has 3 amide bonds. The Bertz CT molecular complexity index is 967.